The molecule has 0 saturated heterocycles. The van der Waals surface area contributed by atoms with E-state index in [4.69, 9.17) is 5.73 Å². The second-order valence-electron chi connectivity index (χ2n) is 5.02. The number of aromatic nitrogens is 4. The molecule has 0 bridgehead atoms. The molecule has 104 valence electrons. The molecule has 0 aliphatic carbocycles. The second-order valence-corrected chi connectivity index (χ2v) is 5.02. The van der Waals surface area contributed by atoms with E-state index in [1.807, 2.05) is 22.5 Å². The van der Waals surface area contributed by atoms with E-state index < -0.39 is 0 Å². The summed E-state index contributed by atoms with van der Waals surface area (Å²) in [6, 6.07) is 2.33. The van der Waals surface area contributed by atoms with Crippen LogP contribution in [0.1, 0.15) is 37.7 Å². The van der Waals surface area contributed by atoms with Gasteiger partial charge in [-0.15, -0.1) is 0 Å². The minimum atomic E-state index is 0.172. The van der Waals surface area contributed by atoms with E-state index >= 15 is 0 Å². The molecule has 0 aromatic carbocycles. The minimum Gasteiger partial charge on any atom is -0.328 e. The predicted molar refractivity (Wildman–Crippen MR) is 76.0 cm³/mol. The third-order valence-electron chi connectivity index (χ3n) is 3.14. The Bertz CT molecular complexity index is 524. The molecule has 2 rings (SSSR count). The van der Waals surface area contributed by atoms with Gasteiger partial charge in [0.25, 0.3) is 0 Å². The molecule has 0 fully saturated rings. The van der Waals surface area contributed by atoms with Crippen molar-refractivity contribution in [1.82, 2.24) is 19.6 Å². The lowest BCUT2D eigenvalue weighted by Gasteiger charge is -2.04. The van der Waals surface area contributed by atoms with Crippen molar-refractivity contribution < 1.29 is 0 Å². The van der Waals surface area contributed by atoms with E-state index in [1.165, 1.54) is 11.3 Å². The lowest BCUT2D eigenvalue weighted by atomic mass is 10.1. The van der Waals surface area contributed by atoms with E-state index in [-0.39, 0.29) is 6.04 Å². The fourth-order valence-corrected chi connectivity index (χ4v) is 2.22. The van der Waals surface area contributed by atoms with Crippen molar-refractivity contribution in [3.8, 4) is 0 Å². The zero-order valence-electron chi connectivity index (χ0n) is 12.0. The Morgan fingerprint density at radius 3 is 2.79 bits per heavy atom. The van der Waals surface area contributed by atoms with Gasteiger partial charge < -0.3 is 5.73 Å². The second kappa shape index (κ2) is 6.02. The predicted octanol–water partition coefficient (Wildman–Crippen LogP) is 1.60. The molecule has 0 aliphatic heterocycles. The summed E-state index contributed by atoms with van der Waals surface area (Å²) in [7, 11) is 0. The van der Waals surface area contributed by atoms with Crippen LogP contribution < -0.4 is 5.73 Å². The molecule has 5 heteroatoms. The number of nitrogens with zero attached hydrogens (tertiary/aromatic N) is 4. The van der Waals surface area contributed by atoms with Crippen LogP contribution in [-0.2, 0) is 25.9 Å². The summed E-state index contributed by atoms with van der Waals surface area (Å²) in [6.45, 7) is 7.90. The van der Waals surface area contributed by atoms with Gasteiger partial charge in [-0.05, 0) is 38.3 Å². The van der Waals surface area contributed by atoms with Crippen LogP contribution in [0.2, 0.25) is 0 Å². The average molecular weight is 261 g/mol. The van der Waals surface area contributed by atoms with Gasteiger partial charge in [0.1, 0.15) is 0 Å². The highest BCUT2D eigenvalue weighted by atomic mass is 15.3. The van der Waals surface area contributed by atoms with Gasteiger partial charge in [0.15, 0.2) is 0 Å². The van der Waals surface area contributed by atoms with E-state index in [9.17, 15) is 0 Å². The summed E-state index contributed by atoms with van der Waals surface area (Å²) >= 11 is 0. The molecule has 0 saturated carbocycles. The average Bonchev–Trinajstić information content (AvgIpc) is 2.96. The first-order valence-electron chi connectivity index (χ1n) is 6.94. The monoisotopic (exact) mass is 261 g/mol. The number of hydrogen-bond acceptors (Lipinski definition) is 3. The molecule has 2 N–H and O–H groups in total. The maximum Gasteiger partial charge on any atom is 0.0828 e. The number of rotatable bonds is 6. The third kappa shape index (κ3) is 3.44. The molecule has 2 aromatic heterocycles. The fourth-order valence-electron chi connectivity index (χ4n) is 2.22. The molecule has 1 unspecified atom stereocenters. The number of nitrogens with two attached hydrogens (primary N) is 1. The summed E-state index contributed by atoms with van der Waals surface area (Å²) in [6.07, 6.45) is 5.81. The molecule has 0 aliphatic rings. The molecule has 2 heterocycles. The van der Waals surface area contributed by atoms with Crippen LogP contribution in [0.25, 0.3) is 0 Å². The third-order valence-corrected chi connectivity index (χ3v) is 3.14. The summed E-state index contributed by atoms with van der Waals surface area (Å²) in [5.41, 5.74) is 9.33. The zero-order chi connectivity index (χ0) is 13.8. The first-order valence-corrected chi connectivity index (χ1v) is 6.94. The molecule has 0 amide bonds. The Hall–Kier alpha value is -1.62. The van der Waals surface area contributed by atoms with E-state index in [2.05, 4.69) is 36.3 Å². The highest BCUT2D eigenvalue weighted by Gasteiger charge is 2.08. The van der Waals surface area contributed by atoms with Crippen molar-refractivity contribution in [2.24, 2.45) is 5.73 Å². The Morgan fingerprint density at radius 1 is 1.37 bits per heavy atom. The topological polar surface area (TPSA) is 61.7 Å². The van der Waals surface area contributed by atoms with Gasteiger partial charge in [0.2, 0.25) is 0 Å². The van der Waals surface area contributed by atoms with Crippen LogP contribution in [0.15, 0.2) is 18.5 Å². The van der Waals surface area contributed by atoms with Crippen LogP contribution in [0.3, 0.4) is 0 Å². The number of hydrogen-bond donors (Lipinski definition) is 1. The Labute approximate surface area is 114 Å². The van der Waals surface area contributed by atoms with Gasteiger partial charge in [-0.25, -0.2) is 0 Å². The van der Waals surface area contributed by atoms with Gasteiger partial charge in [-0.3, -0.25) is 9.36 Å². The van der Waals surface area contributed by atoms with Crippen molar-refractivity contribution in [2.45, 2.75) is 52.7 Å². The van der Waals surface area contributed by atoms with E-state index in [0.717, 1.165) is 31.6 Å². The molecule has 2 aromatic rings. The highest BCUT2D eigenvalue weighted by Crippen LogP contribution is 2.09. The normalized spacial score (nSPS) is 12.8. The first-order chi connectivity index (χ1) is 9.12. The van der Waals surface area contributed by atoms with Crippen molar-refractivity contribution >= 4 is 0 Å². The van der Waals surface area contributed by atoms with Crippen molar-refractivity contribution in [3.05, 3.63) is 35.4 Å². The first kappa shape index (κ1) is 13.8. The standard InChI is InChI=1S/C14H23N5/c1-4-13-7-14(19(5-2)17-13)10-18-9-12(8-16-18)6-11(3)15/h7-9,11H,4-6,10,15H2,1-3H3. The quantitative estimate of drug-likeness (QED) is 0.859. The molecule has 1 atom stereocenters. The maximum absolute atomic E-state index is 5.80. The van der Waals surface area contributed by atoms with Gasteiger partial charge in [-0.1, -0.05) is 6.92 Å². The van der Waals surface area contributed by atoms with Gasteiger partial charge in [0, 0.05) is 18.8 Å². The number of aryl methyl sites for hydroxylation is 2. The lowest BCUT2D eigenvalue weighted by Crippen LogP contribution is -2.17. The van der Waals surface area contributed by atoms with Gasteiger partial charge in [-0.2, -0.15) is 10.2 Å². The van der Waals surface area contributed by atoms with E-state index in [1.54, 1.807) is 0 Å². The van der Waals surface area contributed by atoms with Crippen LogP contribution in [0.5, 0.6) is 0 Å². The van der Waals surface area contributed by atoms with Crippen LogP contribution in [0, 0.1) is 0 Å². The van der Waals surface area contributed by atoms with Crippen molar-refractivity contribution in [1.29, 1.82) is 0 Å². The molecule has 19 heavy (non-hydrogen) atoms. The zero-order valence-corrected chi connectivity index (χ0v) is 12.0. The Morgan fingerprint density at radius 2 is 2.16 bits per heavy atom. The van der Waals surface area contributed by atoms with Crippen LogP contribution >= 0.6 is 0 Å². The minimum absolute atomic E-state index is 0.172. The van der Waals surface area contributed by atoms with Gasteiger partial charge in [0.05, 0.1) is 24.1 Å². The lowest BCUT2D eigenvalue weighted by molar-refractivity contribution is 0.573. The fraction of sp³-hybridized carbons (Fsp3) is 0.571. The largest absolute Gasteiger partial charge is 0.328 e. The van der Waals surface area contributed by atoms with Crippen LogP contribution in [0.4, 0.5) is 0 Å². The van der Waals surface area contributed by atoms with Crippen molar-refractivity contribution in [3.63, 3.8) is 0 Å². The summed E-state index contributed by atoms with van der Waals surface area (Å²) in [4.78, 5) is 0. The van der Waals surface area contributed by atoms with Gasteiger partial charge >= 0.3 is 0 Å². The van der Waals surface area contributed by atoms with Crippen LogP contribution in [-0.4, -0.2) is 25.6 Å². The smallest absolute Gasteiger partial charge is 0.0828 e. The molecular formula is C14H23N5. The molecule has 0 spiro atoms. The van der Waals surface area contributed by atoms with E-state index in [0.29, 0.717) is 0 Å². The summed E-state index contributed by atoms with van der Waals surface area (Å²) in [5, 5.41) is 8.95. The Balaban J connectivity index is 2.12. The summed E-state index contributed by atoms with van der Waals surface area (Å²) < 4.78 is 4.01. The summed E-state index contributed by atoms with van der Waals surface area (Å²) in [5.74, 6) is 0. The maximum atomic E-state index is 5.80. The Kier molecular flexibility index (Phi) is 4.37. The molecule has 0 radical (unpaired) electrons. The highest BCUT2D eigenvalue weighted by molar-refractivity contribution is 5.12. The van der Waals surface area contributed by atoms with Crippen molar-refractivity contribution in [2.75, 3.05) is 0 Å². The SMILES string of the molecule is CCc1cc(Cn2cc(CC(C)N)cn2)n(CC)n1. The molecular weight excluding hydrogens is 238 g/mol. The molecule has 5 nitrogen and oxygen atoms in total.